The van der Waals surface area contributed by atoms with Gasteiger partial charge in [0.15, 0.2) is 0 Å². The number of carbonyl (C=O) groups excluding carboxylic acids is 1. The molecule has 0 aliphatic carbocycles. The van der Waals surface area contributed by atoms with E-state index in [1.165, 1.54) is 0 Å². The maximum atomic E-state index is 12.3. The van der Waals surface area contributed by atoms with Crippen molar-refractivity contribution in [3.63, 3.8) is 0 Å². The van der Waals surface area contributed by atoms with Gasteiger partial charge in [-0.15, -0.1) is 0 Å². The monoisotopic (exact) mass is 330 g/mol. The molecule has 2 heterocycles. The zero-order valence-corrected chi connectivity index (χ0v) is 13.5. The summed E-state index contributed by atoms with van der Waals surface area (Å²) < 4.78 is 0. The molecule has 1 saturated heterocycles. The van der Waals surface area contributed by atoms with Crippen LogP contribution in [-0.4, -0.2) is 42.0 Å². The molecular weight excluding hydrogens is 312 g/mol. The van der Waals surface area contributed by atoms with Gasteiger partial charge in [0.05, 0.1) is 6.54 Å². The van der Waals surface area contributed by atoms with Crippen molar-refractivity contribution in [2.24, 2.45) is 0 Å². The molecule has 1 fully saturated rings. The largest absolute Gasteiger partial charge is 0.325 e. The Morgan fingerprint density at radius 3 is 2.91 bits per heavy atom. The average Bonchev–Trinajstić information content (AvgIpc) is 2.58. The van der Waals surface area contributed by atoms with E-state index in [2.05, 4.69) is 26.6 Å². The number of rotatable bonds is 4. The number of carbonyl (C=O) groups is 1. The second kappa shape index (κ2) is 7.55. The summed E-state index contributed by atoms with van der Waals surface area (Å²) in [6.07, 6.45) is 3.62. The molecule has 0 radical (unpaired) electrons. The van der Waals surface area contributed by atoms with Gasteiger partial charge in [-0.1, -0.05) is 17.7 Å². The zero-order valence-electron chi connectivity index (χ0n) is 12.7. The lowest BCUT2D eigenvalue weighted by Crippen LogP contribution is -2.48. The van der Waals surface area contributed by atoms with Crippen molar-refractivity contribution in [3.8, 4) is 0 Å². The second-order valence-electron chi connectivity index (χ2n) is 5.53. The van der Waals surface area contributed by atoms with Crippen LogP contribution in [0.15, 0.2) is 48.8 Å². The van der Waals surface area contributed by atoms with Crippen molar-refractivity contribution in [1.82, 2.24) is 15.2 Å². The summed E-state index contributed by atoms with van der Waals surface area (Å²) in [4.78, 5) is 18.7. The van der Waals surface area contributed by atoms with Gasteiger partial charge in [-0.3, -0.25) is 14.7 Å². The summed E-state index contributed by atoms with van der Waals surface area (Å²) in [7, 11) is 0. The number of amides is 1. The van der Waals surface area contributed by atoms with Crippen LogP contribution in [0.5, 0.6) is 0 Å². The van der Waals surface area contributed by atoms with E-state index < -0.39 is 0 Å². The molecule has 2 N–H and O–H groups in total. The van der Waals surface area contributed by atoms with Gasteiger partial charge < -0.3 is 10.6 Å². The van der Waals surface area contributed by atoms with Crippen LogP contribution >= 0.6 is 11.6 Å². The van der Waals surface area contributed by atoms with Crippen molar-refractivity contribution in [2.75, 3.05) is 31.5 Å². The molecule has 0 saturated carbocycles. The maximum Gasteiger partial charge on any atom is 0.238 e. The number of piperazine rings is 1. The minimum atomic E-state index is -0.0249. The molecular formula is C17H19ClN4O. The van der Waals surface area contributed by atoms with Gasteiger partial charge in [0, 0.05) is 48.8 Å². The fraction of sp³-hybridized carbons (Fsp3) is 0.294. The first-order chi connectivity index (χ1) is 11.2. The normalized spacial score (nSPS) is 18.6. The fourth-order valence-electron chi connectivity index (χ4n) is 2.76. The van der Waals surface area contributed by atoms with Gasteiger partial charge in [-0.2, -0.15) is 0 Å². The minimum Gasteiger partial charge on any atom is -0.325 e. The predicted octanol–water partition coefficient (Wildman–Crippen LogP) is 2.32. The van der Waals surface area contributed by atoms with Crippen LogP contribution in [0.1, 0.15) is 11.6 Å². The SMILES string of the molecule is O=C(CN1CCNCC1c1cccnc1)Nc1ccc(Cl)cc1. The Morgan fingerprint density at radius 2 is 2.17 bits per heavy atom. The Kier molecular flexibility index (Phi) is 5.23. The van der Waals surface area contributed by atoms with E-state index in [-0.39, 0.29) is 11.9 Å². The van der Waals surface area contributed by atoms with Crippen molar-refractivity contribution in [1.29, 1.82) is 0 Å². The molecule has 2 aromatic rings. The molecule has 1 aliphatic heterocycles. The molecule has 1 unspecified atom stereocenters. The topological polar surface area (TPSA) is 57.3 Å². The highest BCUT2D eigenvalue weighted by Gasteiger charge is 2.25. The first-order valence-electron chi connectivity index (χ1n) is 7.62. The molecule has 120 valence electrons. The van der Waals surface area contributed by atoms with Gasteiger partial charge in [-0.05, 0) is 35.9 Å². The summed E-state index contributed by atoms with van der Waals surface area (Å²) in [6, 6.07) is 11.3. The van der Waals surface area contributed by atoms with E-state index in [9.17, 15) is 4.79 Å². The van der Waals surface area contributed by atoms with Gasteiger partial charge in [0.1, 0.15) is 0 Å². The summed E-state index contributed by atoms with van der Waals surface area (Å²) in [5.41, 5.74) is 1.88. The molecule has 3 rings (SSSR count). The molecule has 5 nitrogen and oxygen atoms in total. The molecule has 6 heteroatoms. The predicted molar refractivity (Wildman–Crippen MR) is 91.5 cm³/mol. The standard InChI is InChI=1S/C17H19ClN4O/c18-14-3-5-15(6-4-14)21-17(23)12-22-9-8-20-11-16(22)13-2-1-7-19-10-13/h1-7,10,16,20H,8-9,11-12H2,(H,21,23). The molecule has 0 bridgehead atoms. The first-order valence-corrected chi connectivity index (χ1v) is 8.00. The van der Waals surface area contributed by atoms with Crippen LogP contribution in [0.2, 0.25) is 5.02 Å². The Morgan fingerprint density at radius 1 is 1.35 bits per heavy atom. The number of hydrogen-bond donors (Lipinski definition) is 2. The summed E-state index contributed by atoms with van der Waals surface area (Å²) >= 11 is 5.86. The number of nitrogens with zero attached hydrogens (tertiary/aromatic N) is 2. The van der Waals surface area contributed by atoms with E-state index in [1.54, 1.807) is 30.5 Å². The number of halogens is 1. The summed E-state index contributed by atoms with van der Waals surface area (Å²) in [5, 5.41) is 6.94. The second-order valence-corrected chi connectivity index (χ2v) is 5.97. The lowest BCUT2D eigenvalue weighted by Gasteiger charge is -2.35. The highest BCUT2D eigenvalue weighted by atomic mass is 35.5. The molecule has 1 amide bonds. The molecule has 1 aliphatic rings. The van der Waals surface area contributed by atoms with Crippen LogP contribution in [0.3, 0.4) is 0 Å². The third-order valence-corrected chi connectivity index (χ3v) is 4.15. The minimum absolute atomic E-state index is 0.0249. The Balaban J connectivity index is 1.64. The Hall–Kier alpha value is -1.95. The van der Waals surface area contributed by atoms with Crippen molar-refractivity contribution < 1.29 is 4.79 Å². The highest BCUT2D eigenvalue weighted by molar-refractivity contribution is 6.30. The molecule has 1 aromatic carbocycles. The van der Waals surface area contributed by atoms with Crippen molar-refractivity contribution >= 4 is 23.2 Å². The van der Waals surface area contributed by atoms with E-state index in [4.69, 9.17) is 11.6 Å². The molecule has 1 atom stereocenters. The van der Waals surface area contributed by atoms with Crippen molar-refractivity contribution in [3.05, 3.63) is 59.4 Å². The van der Waals surface area contributed by atoms with Crippen molar-refractivity contribution in [2.45, 2.75) is 6.04 Å². The van der Waals surface area contributed by atoms with E-state index >= 15 is 0 Å². The summed E-state index contributed by atoms with van der Waals surface area (Å²) in [5.74, 6) is -0.0249. The molecule has 0 spiro atoms. The van der Waals surface area contributed by atoms with E-state index in [0.29, 0.717) is 11.6 Å². The quantitative estimate of drug-likeness (QED) is 0.903. The molecule has 1 aromatic heterocycles. The third kappa shape index (κ3) is 4.28. The van der Waals surface area contributed by atoms with E-state index in [1.807, 2.05) is 12.3 Å². The number of pyridine rings is 1. The number of benzene rings is 1. The van der Waals surface area contributed by atoms with Gasteiger partial charge in [0.2, 0.25) is 5.91 Å². The van der Waals surface area contributed by atoms with Crippen LogP contribution < -0.4 is 10.6 Å². The van der Waals surface area contributed by atoms with Gasteiger partial charge in [-0.25, -0.2) is 0 Å². The van der Waals surface area contributed by atoms with E-state index in [0.717, 1.165) is 30.9 Å². The Bertz CT molecular complexity index is 647. The fourth-order valence-corrected chi connectivity index (χ4v) is 2.88. The lowest BCUT2D eigenvalue weighted by atomic mass is 10.1. The van der Waals surface area contributed by atoms with Crippen LogP contribution in [0.25, 0.3) is 0 Å². The first kappa shape index (κ1) is 15.9. The number of anilines is 1. The summed E-state index contributed by atoms with van der Waals surface area (Å²) in [6.45, 7) is 2.88. The highest BCUT2D eigenvalue weighted by Crippen LogP contribution is 2.21. The lowest BCUT2D eigenvalue weighted by molar-refractivity contribution is -0.118. The Labute approximate surface area is 140 Å². The number of aromatic nitrogens is 1. The zero-order chi connectivity index (χ0) is 16.1. The molecule has 23 heavy (non-hydrogen) atoms. The smallest absolute Gasteiger partial charge is 0.238 e. The third-order valence-electron chi connectivity index (χ3n) is 3.90. The maximum absolute atomic E-state index is 12.3. The number of nitrogens with one attached hydrogen (secondary N) is 2. The van der Waals surface area contributed by atoms with Gasteiger partial charge >= 0.3 is 0 Å². The average molecular weight is 331 g/mol. The van der Waals surface area contributed by atoms with Gasteiger partial charge in [0.25, 0.3) is 0 Å². The van der Waals surface area contributed by atoms with Crippen LogP contribution in [0.4, 0.5) is 5.69 Å². The van der Waals surface area contributed by atoms with Crippen LogP contribution in [-0.2, 0) is 4.79 Å². The number of hydrogen-bond acceptors (Lipinski definition) is 4. The van der Waals surface area contributed by atoms with Crippen LogP contribution in [0, 0.1) is 0 Å².